The molecule has 0 radical (unpaired) electrons. The van der Waals surface area contributed by atoms with E-state index >= 15 is 0 Å². The van der Waals surface area contributed by atoms with Crippen LogP contribution < -0.4 is 0 Å². The Morgan fingerprint density at radius 3 is 2.82 bits per heavy atom. The van der Waals surface area contributed by atoms with Gasteiger partial charge in [0.25, 0.3) is 5.69 Å². The molecule has 0 aliphatic heterocycles. The molecule has 2 aromatic rings. The fraction of sp³-hybridized carbons (Fsp3) is 0.429. The first-order valence-electron chi connectivity index (χ1n) is 7.05. The molecule has 0 fully saturated rings. The van der Waals surface area contributed by atoms with Gasteiger partial charge in [0.1, 0.15) is 5.82 Å². The summed E-state index contributed by atoms with van der Waals surface area (Å²) in [5.41, 5.74) is 0.790. The van der Waals surface area contributed by atoms with Crippen LogP contribution in [0.15, 0.2) is 29.4 Å². The number of nitrogens with zero attached hydrogens (tertiary/aromatic N) is 4. The number of benzene rings is 1. The Morgan fingerprint density at radius 1 is 1.36 bits per heavy atom. The summed E-state index contributed by atoms with van der Waals surface area (Å²) < 4.78 is 1.98. The van der Waals surface area contributed by atoms with E-state index in [2.05, 4.69) is 10.2 Å². The number of aromatic nitrogens is 3. The summed E-state index contributed by atoms with van der Waals surface area (Å²) in [6.45, 7) is 2.85. The van der Waals surface area contributed by atoms with Crippen LogP contribution in [0.4, 0.5) is 5.69 Å². The normalized spacial score (nSPS) is 10.8. The maximum Gasteiger partial charge on any atom is 0.273 e. The predicted molar refractivity (Wildman–Crippen MR) is 83.8 cm³/mol. The standard InChI is InChI=1S/C14H18N4O3S/c1-2-17-13(8-5-9-19)15-16-14(17)22-10-11-6-3-4-7-12(11)18(20)21/h3-4,6-7,19H,2,5,8-10H2,1H3. The molecule has 7 nitrogen and oxygen atoms in total. The zero-order valence-corrected chi connectivity index (χ0v) is 13.1. The number of nitro benzene ring substituents is 1. The van der Waals surface area contributed by atoms with Gasteiger partial charge in [0.05, 0.1) is 4.92 Å². The second-order valence-corrected chi connectivity index (χ2v) is 5.59. The molecular formula is C14H18N4O3S. The maximum atomic E-state index is 11.0. The lowest BCUT2D eigenvalue weighted by molar-refractivity contribution is -0.385. The lowest BCUT2D eigenvalue weighted by atomic mass is 10.2. The van der Waals surface area contributed by atoms with E-state index in [0.717, 1.165) is 17.5 Å². The average Bonchev–Trinajstić information content (AvgIpc) is 2.92. The summed E-state index contributed by atoms with van der Waals surface area (Å²) in [5, 5.41) is 29.0. The molecule has 0 unspecified atom stereocenters. The Kier molecular flexibility index (Phi) is 5.91. The number of rotatable bonds is 8. The van der Waals surface area contributed by atoms with Crippen LogP contribution in [0.25, 0.3) is 0 Å². The Morgan fingerprint density at radius 2 is 2.14 bits per heavy atom. The van der Waals surface area contributed by atoms with Crippen molar-refractivity contribution >= 4 is 17.4 Å². The van der Waals surface area contributed by atoms with Crippen LogP contribution in [0.1, 0.15) is 24.7 Å². The molecule has 0 saturated carbocycles. The molecule has 0 bridgehead atoms. The first-order valence-corrected chi connectivity index (χ1v) is 8.04. The summed E-state index contributed by atoms with van der Waals surface area (Å²) >= 11 is 1.43. The quantitative estimate of drug-likeness (QED) is 0.456. The largest absolute Gasteiger partial charge is 0.396 e. The molecule has 1 aromatic carbocycles. The van der Waals surface area contributed by atoms with E-state index in [1.165, 1.54) is 17.8 Å². The van der Waals surface area contributed by atoms with Gasteiger partial charge in [0.2, 0.25) is 0 Å². The number of nitro groups is 1. The molecule has 22 heavy (non-hydrogen) atoms. The molecule has 0 amide bonds. The van der Waals surface area contributed by atoms with Gasteiger partial charge in [-0.15, -0.1) is 10.2 Å². The highest BCUT2D eigenvalue weighted by atomic mass is 32.2. The molecule has 118 valence electrons. The number of aryl methyl sites for hydroxylation is 1. The molecule has 1 N–H and O–H groups in total. The molecular weight excluding hydrogens is 304 g/mol. The lowest BCUT2D eigenvalue weighted by Crippen LogP contribution is -2.04. The van der Waals surface area contributed by atoms with Crippen molar-refractivity contribution in [3.63, 3.8) is 0 Å². The van der Waals surface area contributed by atoms with Crippen LogP contribution in [-0.4, -0.2) is 31.4 Å². The first kappa shape index (κ1) is 16.4. The fourth-order valence-electron chi connectivity index (χ4n) is 2.12. The van der Waals surface area contributed by atoms with Crippen molar-refractivity contribution in [2.75, 3.05) is 6.61 Å². The second kappa shape index (κ2) is 7.90. The molecule has 8 heteroatoms. The van der Waals surface area contributed by atoms with Crippen molar-refractivity contribution in [3.8, 4) is 0 Å². The number of para-hydroxylation sites is 1. The Labute approximate surface area is 132 Å². The van der Waals surface area contributed by atoms with Gasteiger partial charge in [0, 0.05) is 37.0 Å². The summed E-state index contributed by atoms with van der Waals surface area (Å²) in [4.78, 5) is 10.7. The van der Waals surface area contributed by atoms with Crippen LogP contribution >= 0.6 is 11.8 Å². The Hall–Kier alpha value is -1.93. The van der Waals surface area contributed by atoms with E-state index in [9.17, 15) is 10.1 Å². The second-order valence-electron chi connectivity index (χ2n) is 4.64. The zero-order chi connectivity index (χ0) is 15.9. The number of hydrogen-bond donors (Lipinski definition) is 1. The maximum absolute atomic E-state index is 11.0. The molecule has 1 aromatic heterocycles. The van der Waals surface area contributed by atoms with E-state index in [1.807, 2.05) is 11.5 Å². The number of hydrogen-bond acceptors (Lipinski definition) is 6. The summed E-state index contributed by atoms with van der Waals surface area (Å²) in [6, 6.07) is 6.71. The van der Waals surface area contributed by atoms with Crippen LogP contribution in [0.3, 0.4) is 0 Å². The van der Waals surface area contributed by atoms with E-state index in [1.54, 1.807) is 18.2 Å². The Bertz CT molecular complexity index is 645. The summed E-state index contributed by atoms with van der Waals surface area (Å²) in [7, 11) is 0. The first-order chi connectivity index (χ1) is 10.7. The van der Waals surface area contributed by atoms with E-state index in [-0.39, 0.29) is 17.2 Å². The zero-order valence-electron chi connectivity index (χ0n) is 12.3. The fourth-order valence-corrected chi connectivity index (χ4v) is 3.14. The van der Waals surface area contributed by atoms with Gasteiger partial charge in [-0.05, 0) is 13.3 Å². The minimum absolute atomic E-state index is 0.120. The molecule has 0 atom stereocenters. The van der Waals surface area contributed by atoms with Crippen LogP contribution in [0.5, 0.6) is 0 Å². The third kappa shape index (κ3) is 3.83. The van der Waals surface area contributed by atoms with Crippen LogP contribution in [-0.2, 0) is 18.7 Å². The highest BCUT2D eigenvalue weighted by molar-refractivity contribution is 7.98. The minimum atomic E-state index is -0.368. The SMILES string of the molecule is CCn1c(CCCO)nnc1SCc1ccccc1[N+](=O)[O-]. The van der Waals surface area contributed by atoms with Gasteiger partial charge in [-0.2, -0.15) is 0 Å². The minimum Gasteiger partial charge on any atom is -0.396 e. The molecule has 2 rings (SSSR count). The average molecular weight is 322 g/mol. The van der Waals surface area contributed by atoms with Gasteiger partial charge in [-0.25, -0.2) is 0 Å². The monoisotopic (exact) mass is 322 g/mol. The molecule has 0 spiro atoms. The highest BCUT2D eigenvalue weighted by Crippen LogP contribution is 2.27. The van der Waals surface area contributed by atoms with Gasteiger partial charge in [-0.1, -0.05) is 30.0 Å². The topological polar surface area (TPSA) is 94.1 Å². The lowest BCUT2D eigenvalue weighted by Gasteiger charge is -2.07. The van der Waals surface area contributed by atoms with Gasteiger partial charge in [0.15, 0.2) is 5.16 Å². The van der Waals surface area contributed by atoms with Crippen molar-refractivity contribution in [2.45, 2.75) is 37.2 Å². The van der Waals surface area contributed by atoms with E-state index in [4.69, 9.17) is 5.11 Å². The molecule has 0 aliphatic carbocycles. The molecule has 0 aliphatic rings. The van der Waals surface area contributed by atoms with Crippen molar-refractivity contribution in [1.82, 2.24) is 14.8 Å². The predicted octanol–water partition coefficient (Wildman–Crippen LogP) is 2.42. The number of aliphatic hydroxyl groups is 1. The van der Waals surface area contributed by atoms with Crippen molar-refractivity contribution < 1.29 is 10.0 Å². The van der Waals surface area contributed by atoms with Gasteiger partial charge >= 0.3 is 0 Å². The smallest absolute Gasteiger partial charge is 0.273 e. The number of aliphatic hydroxyl groups excluding tert-OH is 1. The van der Waals surface area contributed by atoms with Crippen molar-refractivity contribution in [3.05, 3.63) is 45.8 Å². The van der Waals surface area contributed by atoms with Gasteiger partial charge in [-0.3, -0.25) is 10.1 Å². The van der Waals surface area contributed by atoms with Crippen molar-refractivity contribution in [1.29, 1.82) is 0 Å². The van der Waals surface area contributed by atoms with Crippen molar-refractivity contribution in [2.24, 2.45) is 0 Å². The van der Waals surface area contributed by atoms with Crippen LogP contribution in [0.2, 0.25) is 0 Å². The number of thioether (sulfide) groups is 1. The summed E-state index contributed by atoms with van der Waals surface area (Å²) in [5.74, 6) is 1.30. The summed E-state index contributed by atoms with van der Waals surface area (Å²) in [6.07, 6.45) is 1.32. The van der Waals surface area contributed by atoms with E-state index < -0.39 is 0 Å². The van der Waals surface area contributed by atoms with E-state index in [0.29, 0.717) is 24.2 Å². The third-order valence-electron chi connectivity index (χ3n) is 3.21. The van der Waals surface area contributed by atoms with Gasteiger partial charge < -0.3 is 9.67 Å². The Balaban J connectivity index is 2.12. The molecule has 1 heterocycles. The highest BCUT2D eigenvalue weighted by Gasteiger charge is 2.15. The van der Waals surface area contributed by atoms with Crippen LogP contribution in [0, 0.1) is 10.1 Å². The molecule has 0 saturated heterocycles. The third-order valence-corrected chi connectivity index (χ3v) is 4.23.